The molecule has 0 fully saturated rings. The van der Waals surface area contributed by atoms with Crippen molar-refractivity contribution in [1.29, 1.82) is 0 Å². The molecule has 0 radical (unpaired) electrons. The van der Waals surface area contributed by atoms with Crippen molar-refractivity contribution in [3.63, 3.8) is 0 Å². The summed E-state index contributed by atoms with van der Waals surface area (Å²) in [6, 6.07) is 2.68. The summed E-state index contributed by atoms with van der Waals surface area (Å²) in [5.41, 5.74) is 0.153. The minimum Gasteiger partial charge on any atom is -0.478 e. The largest absolute Gasteiger partial charge is 0.478 e. The third-order valence-corrected chi connectivity index (χ3v) is 1.18. The average molecular weight is 279 g/mol. The van der Waals surface area contributed by atoms with Crippen LogP contribution in [0.5, 0.6) is 0 Å². The second kappa shape index (κ2) is 9.36. The maximum Gasteiger partial charge on any atom is 0.335 e. The van der Waals surface area contributed by atoms with Crippen LogP contribution < -0.4 is 0 Å². The van der Waals surface area contributed by atoms with Crippen molar-refractivity contribution in [3.05, 3.63) is 29.0 Å². The Morgan fingerprint density at radius 3 is 2.29 bits per heavy atom. The van der Waals surface area contributed by atoms with E-state index in [-0.39, 0.29) is 24.2 Å². The Morgan fingerprint density at radius 1 is 1.50 bits per heavy atom. The van der Waals surface area contributed by atoms with Crippen molar-refractivity contribution in [2.24, 2.45) is 0 Å². The molecule has 4 nitrogen and oxygen atoms in total. The molecule has 1 aromatic heterocycles. The van der Waals surface area contributed by atoms with Crippen LogP contribution in [0.4, 0.5) is 0 Å². The first-order valence-corrected chi connectivity index (χ1v) is 3.85. The van der Waals surface area contributed by atoms with Gasteiger partial charge in [-0.25, -0.2) is 9.78 Å². The summed E-state index contributed by atoms with van der Waals surface area (Å²) in [6.07, 6.45) is 1.35. The highest BCUT2D eigenvalue weighted by atomic mass is 35.6. The van der Waals surface area contributed by atoms with Crippen LogP contribution in [0.3, 0.4) is 0 Å². The molecule has 0 amide bonds. The number of carbonyl (C=O) groups is 1. The third kappa shape index (κ3) is 7.23. The van der Waals surface area contributed by atoms with Crippen molar-refractivity contribution in [2.75, 3.05) is 0 Å². The Balaban J connectivity index is 0. The monoisotopic (exact) mass is 277 g/mol. The SMILES string of the molecule is ClOCl.O=C(O)c1ccnc(Cl)c1.S. The maximum absolute atomic E-state index is 10.3. The van der Waals surface area contributed by atoms with E-state index < -0.39 is 5.97 Å². The fraction of sp³-hybridized carbons (Fsp3) is 0. The number of rotatable bonds is 1. The van der Waals surface area contributed by atoms with Gasteiger partial charge < -0.3 is 5.11 Å². The van der Waals surface area contributed by atoms with Gasteiger partial charge in [-0.15, -0.1) is 0 Å². The first-order chi connectivity index (χ1) is 6.11. The molecule has 0 aliphatic rings. The van der Waals surface area contributed by atoms with E-state index in [9.17, 15) is 4.79 Å². The number of pyridine rings is 1. The molecule has 0 unspecified atom stereocenters. The quantitative estimate of drug-likeness (QED) is 0.803. The predicted molar refractivity (Wildman–Crippen MR) is 59.4 cm³/mol. The van der Waals surface area contributed by atoms with Crippen LogP contribution in [-0.2, 0) is 3.84 Å². The molecule has 0 spiro atoms. The smallest absolute Gasteiger partial charge is 0.335 e. The molecule has 8 heteroatoms. The van der Waals surface area contributed by atoms with Crippen molar-refractivity contribution in [1.82, 2.24) is 4.98 Å². The number of nitrogens with zero attached hydrogens (tertiary/aromatic N) is 1. The van der Waals surface area contributed by atoms with E-state index in [0.29, 0.717) is 0 Å². The summed E-state index contributed by atoms with van der Waals surface area (Å²) in [5.74, 6) is -0.996. The van der Waals surface area contributed by atoms with Gasteiger partial charge in [0, 0.05) is 6.20 Å². The van der Waals surface area contributed by atoms with Gasteiger partial charge in [0.25, 0.3) is 0 Å². The molecule has 14 heavy (non-hydrogen) atoms. The van der Waals surface area contributed by atoms with Crippen LogP contribution in [0.15, 0.2) is 18.3 Å². The van der Waals surface area contributed by atoms with Gasteiger partial charge in [0.2, 0.25) is 0 Å². The number of halogens is 3. The maximum atomic E-state index is 10.3. The lowest BCUT2D eigenvalue weighted by Gasteiger charge is -1.91. The van der Waals surface area contributed by atoms with Crippen LogP contribution in [0.25, 0.3) is 0 Å². The topological polar surface area (TPSA) is 59.4 Å². The molecule has 0 saturated heterocycles. The molecular weight excluding hydrogens is 272 g/mol. The third-order valence-electron chi connectivity index (χ3n) is 0.974. The Kier molecular flexibility index (Phi) is 10.9. The van der Waals surface area contributed by atoms with E-state index in [4.69, 9.17) is 16.7 Å². The predicted octanol–water partition coefficient (Wildman–Crippen LogP) is 2.86. The molecule has 0 atom stereocenters. The van der Waals surface area contributed by atoms with E-state index in [0.717, 1.165) is 0 Å². The molecular formula is C6H6Cl3NO3S. The first kappa shape index (κ1) is 16.2. The number of aromatic carboxylic acids is 1. The zero-order chi connectivity index (χ0) is 10.3. The van der Waals surface area contributed by atoms with Gasteiger partial charge in [-0.1, -0.05) is 11.6 Å². The van der Waals surface area contributed by atoms with E-state index in [1.807, 2.05) is 0 Å². The van der Waals surface area contributed by atoms with Gasteiger partial charge in [-0.3, -0.25) is 0 Å². The highest BCUT2D eigenvalue weighted by Gasteiger charge is 2.01. The van der Waals surface area contributed by atoms with Gasteiger partial charge in [-0.2, -0.15) is 17.3 Å². The molecule has 0 bridgehead atoms. The van der Waals surface area contributed by atoms with E-state index >= 15 is 0 Å². The minimum atomic E-state index is -0.996. The molecule has 1 heterocycles. The summed E-state index contributed by atoms with van der Waals surface area (Å²) in [4.78, 5) is 13.9. The van der Waals surface area contributed by atoms with Gasteiger partial charge in [-0.05, 0) is 12.1 Å². The summed E-state index contributed by atoms with van der Waals surface area (Å²) >= 11 is 13.9. The summed E-state index contributed by atoms with van der Waals surface area (Å²) in [6.45, 7) is 0. The zero-order valence-electron chi connectivity index (χ0n) is 6.58. The fourth-order valence-corrected chi connectivity index (χ4v) is 0.709. The number of hydrogen-bond acceptors (Lipinski definition) is 3. The fourth-order valence-electron chi connectivity index (χ4n) is 0.535. The van der Waals surface area contributed by atoms with Crippen molar-refractivity contribution in [2.45, 2.75) is 0 Å². The van der Waals surface area contributed by atoms with Crippen LogP contribution in [0.1, 0.15) is 10.4 Å². The molecule has 0 aliphatic carbocycles. The van der Waals surface area contributed by atoms with E-state index in [1.54, 1.807) is 0 Å². The highest BCUT2D eigenvalue weighted by Crippen LogP contribution is 2.05. The summed E-state index contributed by atoms with van der Waals surface area (Å²) in [5, 5.41) is 8.62. The van der Waals surface area contributed by atoms with Crippen LogP contribution in [0, 0.1) is 0 Å². The normalized spacial score (nSPS) is 7.93. The number of carboxylic acid groups (broad SMARTS) is 1. The van der Waals surface area contributed by atoms with E-state index in [1.165, 1.54) is 18.3 Å². The van der Waals surface area contributed by atoms with Crippen LogP contribution in [0.2, 0.25) is 5.15 Å². The lowest BCUT2D eigenvalue weighted by molar-refractivity contribution is 0.0697. The van der Waals surface area contributed by atoms with Crippen molar-refractivity contribution >= 4 is 54.8 Å². The standard InChI is InChI=1S/C6H4ClNO2.Cl2O.H2S/c7-5-3-4(6(9)10)1-2-8-5;1-3-2;/h1-3H,(H,9,10);;1H2. The summed E-state index contributed by atoms with van der Waals surface area (Å²) in [7, 11) is 0. The summed E-state index contributed by atoms with van der Waals surface area (Å²) < 4.78 is 3.19. The first-order valence-electron chi connectivity index (χ1n) is 2.86. The number of hydrogen-bond donors (Lipinski definition) is 1. The lowest BCUT2D eigenvalue weighted by atomic mass is 10.3. The molecule has 0 saturated carbocycles. The highest BCUT2D eigenvalue weighted by molar-refractivity contribution is 7.59. The van der Waals surface area contributed by atoms with E-state index in [2.05, 4.69) is 32.6 Å². The van der Waals surface area contributed by atoms with Crippen molar-refractivity contribution in [3.8, 4) is 0 Å². The molecule has 1 rings (SSSR count). The van der Waals surface area contributed by atoms with Gasteiger partial charge in [0.15, 0.2) is 0 Å². The number of carboxylic acids is 1. The zero-order valence-corrected chi connectivity index (χ0v) is 9.84. The molecule has 0 aliphatic heterocycles. The Bertz CT molecular complexity index is 287. The minimum absolute atomic E-state index is 0. The van der Waals surface area contributed by atoms with Gasteiger partial charge >= 0.3 is 5.97 Å². The van der Waals surface area contributed by atoms with Crippen LogP contribution >= 0.6 is 48.8 Å². The van der Waals surface area contributed by atoms with Crippen LogP contribution in [-0.4, -0.2) is 16.1 Å². The van der Waals surface area contributed by atoms with Gasteiger partial charge in [0.05, 0.1) is 29.3 Å². The average Bonchev–Trinajstić information content (AvgIpc) is 2.05. The Labute approximate surface area is 103 Å². The van der Waals surface area contributed by atoms with Crippen molar-refractivity contribution < 1.29 is 13.7 Å². The molecule has 1 N–H and O–H groups in total. The molecule has 80 valence electrons. The second-order valence-corrected chi connectivity index (χ2v) is 2.58. The molecule has 1 aromatic rings. The number of aromatic nitrogens is 1. The Hall–Kier alpha value is -0.200. The van der Waals surface area contributed by atoms with Gasteiger partial charge in [0.1, 0.15) is 5.15 Å². The molecule has 0 aromatic carbocycles. The lowest BCUT2D eigenvalue weighted by Crippen LogP contribution is -1.95. The Morgan fingerprint density at radius 2 is 2.00 bits per heavy atom. The second-order valence-electron chi connectivity index (χ2n) is 1.73.